The second-order valence-electron chi connectivity index (χ2n) is 26.3. The lowest BCUT2D eigenvalue weighted by atomic mass is 10.1. The van der Waals surface area contributed by atoms with Crippen molar-refractivity contribution in [2.45, 2.75) is 91.0 Å². The minimum Gasteiger partial charge on any atom is -0.364 e. The number of pyridine rings is 6. The lowest BCUT2D eigenvalue weighted by Crippen LogP contribution is -2.25. The maximum atomic E-state index is 12.4. The Bertz CT molecular complexity index is 5940. The Balaban J connectivity index is 0.000000158. The van der Waals surface area contributed by atoms with Gasteiger partial charge < -0.3 is 45.7 Å². The van der Waals surface area contributed by atoms with Gasteiger partial charge in [-0.05, 0) is 156 Å². The van der Waals surface area contributed by atoms with Crippen molar-refractivity contribution in [2.24, 2.45) is 4.99 Å². The fraction of sp³-hybridized carbons (Fsp3) is 0.289. The molecular weight excluding hydrogens is 1570 g/mol. The molecule has 112 heavy (non-hydrogen) atoms. The average Bonchev–Trinajstić information content (AvgIpc) is 1.61. The zero-order valence-corrected chi connectivity index (χ0v) is 67.7. The summed E-state index contributed by atoms with van der Waals surface area (Å²) >= 11 is 24.9. The SMILES string of the molecule is Cc1nc2c(Nc3ccc(Cl)cc3N(C)S(C)(=O)=O)cc(Cl)nc2n1C1CCCCO1.[C-]#[N+]c1cccc(Cc2cc(Nc3ccc(Cl)cc3N(C)S(C)(=O)=O)c3c(n2)CC(C)=N3)n1.[C-]#[N+]c1cccc(Cc2cc(Nc3ccc(Cl)cc3N(C)S(C)(=O)=O)c3nc(C)n(C4CCCCO4)c3n2)n1.[C-]#[N+]c1cccc(N)n1. The number of hydrogen-bond donors (Lipinski definition) is 4. The molecule has 14 rings (SSSR count). The van der Waals surface area contributed by atoms with Crippen LogP contribution >= 0.6 is 46.4 Å². The molecule has 36 heteroatoms. The number of fused-ring (bicyclic) bond motifs is 3. The van der Waals surface area contributed by atoms with Gasteiger partial charge in [-0.2, -0.15) is 0 Å². The zero-order chi connectivity index (χ0) is 80.5. The molecule has 0 aliphatic carbocycles. The van der Waals surface area contributed by atoms with Crippen LogP contribution in [-0.2, 0) is 58.8 Å². The van der Waals surface area contributed by atoms with Gasteiger partial charge in [0.05, 0.1) is 99.9 Å². The Labute approximate surface area is 669 Å². The summed E-state index contributed by atoms with van der Waals surface area (Å²) in [6.45, 7) is 28.2. The van der Waals surface area contributed by atoms with Crippen LogP contribution in [0.4, 0.5) is 80.1 Å². The average molecular weight is 1650 g/mol. The molecule has 29 nitrogen and oxygen atoms in total. The number of imidazole rings is 2. The van der Waals surface area contributed by atoms with Crippen LogP contribution in [0.5, 0.6) is 0 Å². The van der Waals surface area contributed by atoms with Gasteiger partial charge in [0.2, 0.25) is 35.9 Å². The summed E-state index contributed by atoms with van der Waals surface area (Å²) < 4.78 is 92.9. The molecule has 11 aromatic rings. The number of rotatable bonds is 18. The third kappa shape index (κ3) is 20.1. The molecule has 0 saturated carbocycles. The Morgan fingerprint density at radius 1 is 0.482 bits per heavy atom. The molecule has 3 aliphatic heterocycles. The Morgan fingerprint density at radius 2 is 0.884 bits per heavy atom. The Morgan fingerprint density at radius 3 is 1.29 bits per heavy atom. The highest BCUT2D eigenvalue weighted by atomic mass is 35.5. The van der Waals surface area contributed by atoms with Crippen LogP contribution in [0, 0.1) is 33.6 Å². The van der Waals surface area contributed by atoms with Crippen LogP contribution in [0.1, 0.15) is 98.0 Å². The molecule has 3 aliphatic rings. The molecule has 0 spiro atoms. The van der Waals surface area contributed by atoms with E-state index in [2.05, 4.69) is 55.4 Å². The lowest BCUT2D eigenvalue weighted by molar-refractivity contribution is -0.0310. The smallest absolute Gasteiger partial charge is 0.271 e. The lowest BCUT2D eigenvalue weighted by Gasteiger charge is -2.25. The number of nitrogens with zero attached hydrogens (tertiary/aromatic N) is 17. The third-order valence-electron chi connectivity index (χ3n) is 18.0. The summed E-state index contributed by atoms with van der Waals surface area (Å²) in [5.74, 6) is 2.92. The van der Waals surface area contributed by atoms with Crippen molar-refractivity contribution < 1.29 is 34.7 Å². The van der Waals surface area contributed by atoms with E-state index in [1.165, 1.54) is 34.1 Å². The van der Waals surface area contributed by atoms with Crippen molar-refractivity contribution in [2.75, 3.05) is 87.7 Å². The fourth-order valence-corrected chi connectivity index (χ4v) is 14.7. The quantitative estimate of drug-likeness (QED) is 0.0458. The molecule has 2 fully saturated rings. The number of nitrogens with one attached hydrogen (secondary N) is 3. The topological polar surface area (TPSA) is 331 Å². The van der Waals surface area contributed by atoms with Crippen LogP contribution in [-0.4, -0.2) is 133 Å². The molecule has 3 aromatic carbocycles. The summed E-state index contributed by atoms with van der Waals surface area (Å²) in [5, 5.41) is 11.6. The standard InChI is InChI=1S/C27H28ClN7O3S.C23H21ClN6O2S.C20H23Cl2N5O3S.C6H5N3/c1-17-30-26-22(33-21-12-11-18(28)14-23(21)34(3)39(4,36)37)16-20(15-19-8-7-9-24(29-2)31-19)32-27(26)35(17)25-10-5-6-13-38-25;1-14-10-19-23(26-14)20(13-17(27-19)12-16-6-5-7-22(25-2)28-16)29-18-9-8-15(24)11-21(18)30(3)33(4,31)32;1-12-23-19-15(11-17(22)25-20(19)27(12)18-6-4-5-9-30-18)24-14-8-7-13(21)10-16(14)26(2)31(3,28)29;1-8-6-4-2-3-5(7)9-6/h7-9,11-12,14,16,25H,5-6,10,13,15H2,1,3-4H3,(H,32,33);5-9,11,13H,10,12H2,1,3-4H3,(H,27,29);7-8,10-11,18H,4-6,9H2,1-3H3,(H,24,25);2-4H,(H2,7,9). The van der Waals surface area contributed by atoms with E-state index >= 15 is 0 Å². The van der Waals surface area contributed by atoms with E-state index in [9.17, 15) is 25.3 Å². The first-order chi connectivity index (χ1) is 53.2. The minimum absolute atomic E-state index is 0.139. The summed E-state index contributed by atoms with van der Waals surface area (Å²) in [6, 6.07) is 36.1. The summed E-state index contributed by atoms with van der Waals surface area (Å²) in [7, 11) is -6.11. The van der Waals surface area contributed by atoms with Gasteiger partial charge in [-0.25, -0.2) is 45.2 Å². The maximum Gasteiger partial charge on any atom is 0.271 e. The molecular formula is C76H77Cl4N21O8S3. The van der Waals surface area contributed by atoms with Crippen LogP contribution in [0.2, 0.25) is 20.2 Å². The second kappa shape index (κ2) is 35.3. The molecule has 5 N–H and O–H groups in total. The number of nitrogens with two attached hydrogens (primary N) is 1. The monoisotopic (exact) mass is 1650 g/mol. The van der Waals surface area contributed by atoms with Gasteiger partial charge in [0.1, 0.15) is 57.4 Å². The molecule has 2 atom stereocenters. The largest absolute Gasteiger partial charge is 0.364 e. The number of aryl methyl sites for hydroxylation is 2. The van der Waals surface area contributed by atoms with Gasteiger partial charge in [0.15, 0.2) is 11.3 Å². The highest BCUT2D eigenvalue weighted by Crippen LogP contribution is 2.43. The Hall–Kier alpha value is -10.8. The van der Waals surface area contributed by atoms with E-state index in [1.54, 1.807) is 103 Å². The highest BCUT2D eigenvalue weighted by Gasteiger charge is 2.29. The van der Waals surface area contributed by atoms with Gasteiger partial charge in [-0.3, -0.25) is 32.0 Å². The third-order valence-corrected chi connectivity index (χ3v) is 22.5. The molecule has 0 amide bonds. The van der Waals surface area contributed by atoms with E-state index in [0.29, 0.717) is 161 Å². The van der Waals surface area contributed by atoms with Crippen LogP contribution in [0.3, 0.4) is 0 Å². The van der Waals surface area contributed by atoms with Crippen molar-refractivity contribution in [3.63, 3.8) is 0 Å². The number of sulfonamides is 3. The first-order valence-corrected chi connectivity index (χ1v) is 41.8. The van der Waals surface area contributed by atoms with Crippen LogP contribution in [0.15, 0.2) is 132 Å². The second-order valence-corrected chi connectivity index (χ2v) is 34.1. The minimum atomic E-state index is -3.55. The van der Waals surface area contributed by atoms with Gasteiger partial charge >= 0.3 is 0 Å². The maximum absolute atomic E-state index is 12.4. The molecule has 8 aromatic heterocycles. The zero-order valence-electron chi connectivity index (χ0n) is 62.2. The first-order valence-electron chi connectivity index (χ1n) is 34.8. The predicted octanol–water partition coefficient (Wildman–Crippen LogP) is 16.9. The molecule has 580 valence electrons. The molecule has 2 unspecified atom stereocenters. The number of benzene rings is 3. The number of aliphatic imine (C=N–C) groups is 1. The normalized spacial score (nSPS) is 14.6. The van der Waals surface area contributed by atoms with E-state index in [4.69, 9.17) is 101 Å². The van der Waals surface area contributed by atoms with Crippen molar-refractivity contribution in [3.8, 4) is 0 Å². The number of anilines is 10. The van der Waals surface area contributed by atoms with Crippen molar-refractivity contribution in [3.05, 3.63) is 222 Å². The van der Waals surface area contributed by atoms with Gasteiger partial charge in [0, 0.05) is 73.7 Å². The van der Waals surface area contributed by atoms with Gasteiger partial charge in [0.25, 0.3) is 17.5 Å². The summed E-state index contributed by atoms with van der Waals surface area (Å²) in [4.78, 5) is 50.8. The number of aromatic nitrogens is 10. The number of hydrogen-bond acceptors (Lipinski definition) is 21. The molecule has 11 heterocycles. The predicted molar refractivity (Wildman–Crippen MR) is 443 cm³/mol. The van der Waals surface area contributed by atoms with Gasteiger partial charge in [-0.1, -0.05) is 84.3 Å². The molecule has 0 bridgehead atoms. The molecule has 2 saturated heterocycles. The number of ether oxygens (including phenoxy) is 2. The Kier molecular flexibility index (Phi) is 25.9. The fourth-order valence-electron chi connectivity index (χ4n) is 12.5. The van der Waals surface area contributed by atoms with E-state index < -0.39 is 30.1 Å². The van der Waals surface area contributed by atoms with Crippen molar-refractivity contribution in [1.29, 1.82) is 0 Å². The first kappa shape index (κ1) is 82.1. The summed E-state index contributed by atoms with van der Waals surface area (Å²) in [6.07, 6.45) is 10.5. The van der Waals surface area contributed by atoms with Crippen molar-refractivity contribution in [1.82, 2.24) is 49.0 Å². The number of nitrogen functional groups attached to an aromatic ring is 1. The summed E-state index contributed by atoms with van der Waals surface area (Å²) in [5.41, 5.74) is 18.1. The van der Waals surface area contributed by atoms with E-state index in [-0.39, 0.29) is 12.5 Å². The molecule has 0 radical (unpaired) electrons. The van der Waals surface area contributed by atoms with Gasteiger partial charge in [-0.15, -0.1) is 15.0 Å². The van der Waals surface area contributed by atoms with Crippen LogP contribution in [0.25, 0.3) is 36.9 Å². The van der Waals surface area contributed by atoms with Crippen LogP contribution < -0.4 is 34.6 Å². The number of halogens is 4. The highest BCUT2D eigenvalue weighted by molar-refractivity contribution is 7.92. The van der Waals surface area contributed by atoms with Crippen molar-refractivity contribution >= 4 is 185 Å². The van der Waals surface area contributed by atoms with E-state index in [1.807, 2.05) is 54.2 Å². The van der Waals surface area contributed by atoms with E-state index in [0.717, 1.165) is 97.4 Å².